The lowest BCUT2D eigenvalue weighted by molar-refractivity contribution is -0.168. The first-order valence-electron chi connectivity index (χ1n) is 7.75. The largest absolute Gasteiger partial charge is 0.406 e. The molecule has 0 aromatic carbocycles. The van der Waals surface area contributed by atoms with E-state index < -0.39 is 24.5 Å². The SMILES string of the molecule is CCC(CC)N(CC(F)(F)F)C(=O)C(C)CCCC(C)N. The average molecular weight is 310 g/mol. The third-order valence-electron chi connectivity index (χ3n) is 3.73. The number of nitrogens with two attached hydrogens (primary N) is 1. The first kappa shape index (κ1) is 20.2. The fourth-order valence-corrected chi connectivity index (χ4v) is 2.46. The molecule has 0 aliphatic rings. The quantitative estimate of drug-likeness (QED) is 0.705. The van der Waals surface area contributed by atoms with Crippen LogP contribution in [0.4, 0.5) is 13.2 Å². The van der Waals surface area contributed by atoms with Crippen LogP contribution in [-0.2, 0) is 4.79 Å². The zero-order valence-corrected chi connectivity index (χ0v) is 13.5. The van der Waals surface area contributed by atoms with E-state index in [0.717, 1.165) is 17.7 Å². The van der Waals surface area contributed by atoms with Crippen molar-refractivity contribution in [2.75, 3.05) is 6.54 Å². The van der Waals surface area contributed by atoms with Crippen LogP contribution in [0.25, 0.3) is 0 Å². The molecule has 0 spiro atoms. The zero-order valence-electron chi connectivity index (χ0n) is 13.5. The standard InChI is InChI=1S/C15H29F3N2O/c1-5-13(6-2)20(10-15(16,17)18)14(21)11(3)8-7-9-12(4)19/h11-13H,5-10,19H2,1-4H3. The second-order valence-electron chi connectivity index (χ2n) is 5.86. The molecule has 0 aromatic heterocycles. The van der Waals surface area contributed by atoms with Crippen molar-refractivity contribution in [3.05, 3.63) is 0 Å². The molecule has 0 radical (unpaired) electrons. The maximum atomic E-state index is 12.7. The van der Waals surface area contributed by atoms with Crippen molar-refractivity contribution in [3.8, 4) is 0 Å². The number of amides is 1. The summed E-state index contributed by atoms with van der Waals surface area (Å²) in [5.41, 5.74) is 5.64. The van der Waals surface area contributed by atoms with Gasteiger partial charge in [0.25, 0.3) is 0 Å². The fourth-order valence-electron chi connectivity index (χ4n) is 2.46. The van der Waals surface area contributed by atoms with E-state index in [4.69, 9.17) is 5.73 Å². The summed E-state index contributed by atoms with van der Waals surface area (Å²) in [6.45, 7) is 6.05. The summed E-state index contributed by atoms with van der Waals surface area (Å²) in [7, 11) is 0. The van der Waals surface area contributed by atoms with Crippen molar-refractivity contribution in [1.29, 1.82) is 0 Å². The van der Waals surface area contributed by atoms with E-state index in [2.05, 4.69) is 0 Å². The summed E-state index contributed by atoms with van der Waals surface area (Å²) in [5.74, 6) is -0.794. The van der Waals surface area contributed by atoms with Gasteiger partial charge in [0, 0.05) is 18.0 Å². The Balaban J connectivity index is 4.76. The Bertz CT molecular complexity index is 302. The second kappa shape index (κ2) is 9.28. The third-order valence-corrected chi connectivity index (χ3v) is 3.73. The minimum atomic E-state index is -4.36. The minimum absolute atomic E-state index is 0.0533. The lowest BCUT2D eigenvalue weighted by Crippen LogP contribution is -2.47. The average Bonchev–Trinajstić information content (AvgIpc) is 2.36. The summed E-state index contributed by atoms with van der Waals surface area (Å²) in [5, 5.41) is 0. The third kappa shape index (κ3) is 8.29. The van der Waals surface area contributed by atoms with Gasteiger partial charge in [-0.05, 0) is 32.6 Å². The van der Waals surface area contributed by atoms with E-state index >= 15 is 0 Å². The number of hydrogen-bond donors (Lipinski definition) is 1. The molecule has 0 aromatic rings. The van der Waals surface area contributed by atoms with Crippen LogP contribution >= 0.6 is 0 Å². The zero-order chi connectivity index (χ0) is 16.6. The molecule has 0 rings (SSSR count). The molecule has 0 saturated carbocycles. The van der Waals surface area contributed by atoms with E-state index in [1.165, 1.54) is 0 Å². The number of halogens is 3. The topological polar surface area (TPSA) is 46.3 Å². The van der Waals surface area contributed by atoms with Crippen molar-refractivity contribution < 1.29 is 18.0 Å². The number of carbonyl (C=O) groups is 1. The smallest absolute Gasteiger partial charge is 0.330 e. The molecular formula is C15H29F3N2O. The highest BCUT2D eigenvalue weighted by Gasteiger charge is 2.36. The normalized spacial score (nSPS) is 15.1. The molecule has 0 bridgehead atoms. The first-order chi connectivity index (χ1) is 9.62. The van der Waals surface area contributed by atoms with Crippen molar-refractivity contribution in [2.24, 2.45) is 11.7 Å². The summed E-state index contributed by atoms with van der Waals surface area (Å²) in [6.07, 6.45) is -1.18. The summed E-state index contributed by atoms with van der Waals surface area (Å²) < 4.78 is 38.1. The van der Waals surface area contributed by atoms with Gasteiger partial charge in [-0.3, -0.25) is 4.79 Å². The Morgan fingerprint density at radius 2 is 1.67 bits per heavy atom. The lowest BCUT2D eigenvalue weighted by atomic mass is 9.99. The number of nitrogens with zero attached hydrogens (tertiary/aromatic N) is 1. The van der Waals surface area contributed by atoms with E-state index in [1.54, 1.807) is 6.92 Å². The molecule has 0 saturated heterocycles. The molecule has 0 aliphatic carbocycles. The fraction of sp³-hybridized carbons (Fsp3) is 0.933. The maximum absolute atomic E-state index is 12.7. The summed E-state index contributed by atoms with van der Waals surface area (Å²) >= 11 is 0. The van der Waals surface area contributed by atoms with Gasteiger partial charge in [0.05, 0.1) is 0 Å². The molecule has 0 heterocycles. The van der Waals surface area contributed by atoms with Crippen LogP contribution in [-0.4, -0.2) is 35.6 Å². The number of rotatable bonds is 9. The molecule has 2 unspecified atom stereocenters. The molecule has 126 valence electrons. The van der Waals surface area contributed by atoms with Crippen molar-refractivity contribution >= 4 is 5.91 Å². The van der Waals surface area contributed by atoms with Gasteiger partial charge in [-0.1, -0.05) is 27.2 Å². The highest BCUT2D eigenvalue weighted by atomic mass is 19.4. The molecule has 2 N–H and O–H groups in total. The lowest BCUT2D eigenvalue weighted by Gasteiger charge is -2.33. The monoisotopic (exact) mass is 310 g/mol. The Morgan fingerprint density at radius 3 is 2.05 bits per heavy atom. The number of hydrogen-bond acceptors (Lipinski definition) is 2. The molecule has 6 heteroatoms. The number of alkyl halides is 3. The predicted molar refractivity (Wildman–Crippen MR) is 78.8 cm³/mol. The summed E-state index contributed by atoms with van der Waals surface area (Å²) in [4.78, 5) is 13.4. The van der Waals surface area contributed by atoms with Gasteiger partial charge in [0.15, 0.2) is 0 Å². The first-order valence-corrected chi connectivity index (χ1v) is 7.75. The Morgan fingerprint density at radius 1 is 1.14 bits per heavy atom. The van der Waals surface area contributed by atoms with Gasteiger partial charge in [0.2, 0.25) is 5.91 Å². The van der Waals surface area contributed by atoms with Crippen molar-refractivity contribution in [2.45, 2.75) is 78.1 Å². The predicted octanol–water partition coefficient (Wildman–Crippen LogP) is 3.72. The second-order valence-corrected chi connectivity index (χ2v) is 5.86. The molecular weight excluding hydrogens is 281 g/mol. The summed E-state index contributed by atoms with van der Waals surface area (Å²) in [6, 6.07) is -0.299. The van der Waals surface area contributed by atoms with E-state index in [-0.39, 0.29) is 12.1 Å². The van der Waals surface area contributed by atoms with Crippen LogP contribution in [0.3, 0.4) is 0 Å². The molecule has 0 fully saturated rings. The van der Waals surface area contributed by atoms with Crippen LogP contribution in [0.1, 0.15) is 59.8 Å². The molecule has 21 heavy (non-hydrogen) atoms. The van der Waals surface area contributed by atoms with E-state index in [1.807, 2.05) is 20.8 Å². The van der Waals surface area contributed by atoms with Crippen LogP contribution in [0.5, 0.6) is 0 Å². The number of carbonyl (C=O) groups excluding carboxylic acids is 1. The van der Waals surface area contributed by atoms with Gasteiger partial charge >= 0.3 is 6.18 Å². The van der Waals surface area contributed by atoms with Gasteiger partial charge in [-0.2, -0.15) is 13.2 Å². The van der Waals surface area contributed by atoms with E-state index in [0.29, 0.717) is 19.3 Å². The van der Waals surface area contributed by atoms with Gasteiger partial charge < -0.3 is 10.6 Å². The molecule has 2 atom stereocenters. The Labute approximate surface area is 126 Å². The molecule has 1 amide bonds. The van der Waals surface area contributed by atoms with Crippen LogP contribution < -0.4 is 5.73 Å². The van der Waals surface area contributed by atoms with Crippen LogP contribution in [0.15, 0.2) is 0 Å². The highest BCUT2D eigenvalue weighted by Crippen LogP contribution is 2.23. The van der Waals surface area contributed by atoms with Gasteiger partial charge in [-0.15, -0.1) is 0 Å². The molecule has 3 nitrogen and oxygen atoms in total. The van der Waals surface area contributed by atoms with Crippen molar-refractivity contribution in [1.82, 2.24) is 4.90 Å². The highest BCUT2D eigenvalue weighted by molar-refractivity contribution is 5.78. The van der Waals surface area contributed by atoms with Gasteiger partial charge in [0.1, 0.15) is 6.54 Å². The Hall–Kier alpha value is -0.780. The van der Waals surface area contributed by atoms with Crippen molar-refractivity contribution in [3.63, 3.8) is 0 Å². The maximum Gasteiger partial charge on any atom is 0.406 e. The molecule has 0 aliphatic heterocycles. The Kier molecular flexibility index (Phi) is 8.94. The van der Waals surface area contributed by atoms with Crippen LogP contribution in [0, 0.1) is 5.92 Å². The van der Waals surface area contributed by atoms with E-state index in [9.17, 15) is 18.0 Å². The van der Waals surface area contributed by atoms with Crippen LogP contribution in [0.2, 0.25) is 0 Å². The minimum Gasteiger partial charge on any atom is -0.330 e. The van der Waals surface area contributed by atoms with Gasteiger partial charge in [-0.25, -0.2) is 0 Å².